The van der Waals surface area contributed by atoms with Gasteiger partial charge in [-0.15, -0.1) is 0 Å². The highest BCUT2D eigenvalue weighted by molar-refractivity contribution is 8.19. The zero-order chi connectivity index (χ0) is 8.91. The minimum absolute atomic E-state index is 0.404. The van der Waals surface area contributed by atoms with Crippen molar-refractivity contribution in [1.82, 2.24) is 0 Å². The van der Waals surface area contributed by atoms with Crippen LogP contribution in [0.15, 0.2) is 0 Å². The van der Waals surface area contributed by atoms with Crippen molar-refractivity contribution in [3.63, 3.8) is 0 Å². The fourth-order valence-corrected chi connectivity index (χ4v) is 1.81. The summed E-state index contributed by atoms with van der Waals surface area (Å²) in [5, 5.41) is 0. The van der Waals surface area contributed by atoms with Gasteiger partial charge in [0.25, 0.3) is 0 Å². The maximum Gasteiger partial charge on any atom is 0.147 e. The number of halogens is 4. The molecule has 0 aliphatic heterocycles. The molecule has 0 heterocycles. The highest BCUT2D eigenvalue weighted by Gasteiger charge is 2.40. The van der Waals surface area contributed by atoms with Crippen LogP contribution in [0.2, 0.25) is 0 Å². The van der Waals surface area contributed by atoms with Crippen LogP contribution in [0.3, 0.4) is 0 Å². The van der Waals surface area contributed by atoms with Crippen LogP contribution in [0, 0.1) is 0 Å². The minimum Gasteiger partial charge on any atom is -0.164 e. The summed E-state index contributed by atoms with van der Waals surface area (Å²) in [4.78, 5) is 0. The summed E-state index contributed by atoms with van der Waals surface area (Å²) >= 11 is -1.62. The number of hydrogen-bond acceptors (Lipinski definition) is 4. The summed E-state index contributed by atoms with van der Waals surface area (Å²) in [6.07, 6.45) is 0. The van der Waals surface area contributed by atoms with Gasteiger partial charge in [0, 0.05) is 0 Å². The van der Waals surface area contributed by atoms with Crippen LogP contribution in [-0.4, -0.2) is 8.66 Å². The van der Waals surface area contributed by atoms with Gasteiger partial charge in [0.2, 0.25) is 0 Å². The van der Waals surface area contributed by atoms with Crippen LogP contribution >= 0.6 is 48.6 Å². The third kappa shape index (κ3) is 3.16. The summed E-state index contributed by atoms with van der Waals surface area (Å²) in [5.41, 5.74) is 0. The molecule has 0 aliphatic carbocycles. The van der Waals surface area contributed by atoms with E-state index in [1.54, 1.807) is 0 Å². The van der Waals surface area contributed by atoms with E-state index < -0.39 is 57.3 Å². The third-order valence-electron chi connectivity index (χ3n) is 0.896. The molecule has 0 N–H and O–H groups in total. The molecular weight excluding hydrogens is 240 g/mol. The Kier molecular flexibility index (Phi) is 6.29. The van der Waals surface area contributed by atoms with Crippen molar-refractivity contribution < 1.29 is 15.5 Å². The Labute approximate surface area is 79.8 Å². The van der Waals surface area contributed by atoms with Gasteiger partial charge in [0.05, 0.1) is 48.6 Å². The van der Waals surface area contributed by atoms with Crippen LogP contribution in [-0.2, 0) is 0 Å². The zero-order valence-corrected chi connectivity index (χ0v) is 8.49. The van der Waals surface area contributed by atoms with E-state index in [0.717, 1.165) is 6.92 Å². The van der Waals surface area contributed by atoms with E-state index in [9.17, 15) is 15.5 Å². The second-order valence-corrected chi connectivity index (χ2v) is 5.54. The molecule has 0 radical (unpaired) electrons. The molecule has 0 aromatic heterocycles. The van der Waals surface area contributed by atoms with E-state index in [1.807, 2.05) is 0 Å². The second-order valence-electron chi connectivity index (χ2n) is 1.68. The molecule has 0 aliphatic rings. The Morgan fingerprint density at radius 2 is 1.36 bits per heavy atom. The summed E-state index contributed by atoms with van der Waals surface area (Å²) < 4.78 is 44.5. The van der Waals surface area contributed by atoms with Crippen LogP contribution in [0.25, 0.3) is 0 Å². The summed E-state index contributed by atoms with van der Waals surface area (Å²) in [5.74, 6) is 0. The quantitative estimate of drug-likeness (QED) is 0.515. The molecule has 11 heavy (non-hydrogen) atoms. The van der Waals surface area contributed by atoms with Crippen molar-refractivity contribution in [3.8, 4) is 0 Å². The Morgan fingerprint density at radius 1 is 1.00 bits per heavy atom. The molecule has 0 aromatic carbocycles. The maximum absolute atomic E-state index is 12.0. The van der Waals surface area contributed by atoms with Gasteiger partial charge in [0.1, 0.15) is 8.66 Å². The molecule has 0 saturated carbocycles. The van der Waals surface area contributed by atoms with Crippen LogP contribution in [0.1, 0.15) is 6.92 Å². The molecule has 0 amide bonds. The van der Waals surface area contributed by atoms with Gasteiger partial charge in [-0.05, 0) is 6.92 Å². The predicted molar refractivity (Wildman–Crippen MR) is 47.0 cm³/mol. The van der Waals surface area contributed by atoms with E-state index in [0.29, 0.717) is 0 Å². The predicted octanol–water partition coefficient (Wildman–Crippen LogP) is 4.50. The lowest BCUT2D eigenvalue weighted by atomic mass is 10.5. The van der Waals surface area contributed by atoms with Gasteiger partial charge >= 0.3 is 0 Å². The number of hydrogen-bond donors (Lipinski definition) is 0. The third-order valence-corrected chi connectivity index (χ3v) is 4.66. The van der Waals surface area contributed by atoms with Gasteiger partial charge in [-0.2, -0.15) is 15.5 Å². The lowest BCUT2D eigenvalue weighted by Crippen LogP contribution is -2.23. The molecule has 0 atom stereocenters. The minimum atomic E-state index is -1.72. The van der Waals surface area contributed by atoms with Crippen molar-refractivity contribution in [2.24, 2.45) is 0 Å². The van der Waals surface area contributed by atoms with Crippen molar-refractivity contribution in [1.29, 1.82) is 0 Å². The normalized spacial score (nSPS) is 12.5. The first-order chi connectivity index (χ1) is 5.14. The molecule has 0 nitrogen and oxygen atoms in total. The van der Waals surface area contributed by atoms with Crippen LogP contribution in [0.4, 0.5) is 15.5 Å². The molecule has 68 valence electrons. The molecule has 0 rings (SSSR count). The van der Waals surface area contributed by atoms with Gasteiger partial charge in [-0.3, -0.25) is 0 Å². The van der Waals surface area contributed by atoms with Gasteiger partial charge in [-0.25, -0.2) is 0 Å². The first-order valence-electron chi connectivity index (χ1n) is 2.29. The average molecular weight is 244 g/mol. The maximum atomic E-state index is 12.0. The van der Waals surface area contributed by atoms with Gasteiger partial charge in [0.15, 0.2) is 0 Å². The Bertz CT molecular complexity index is 104. The average Bonchev–Trinajstić information content (AvgIpc) is 2.06. The first-order valence-corrected chi connectivity index (χ1v) is 5.28. The summed E-state index contributed by atoms with van der Waals surface area (Å²) in [6.45, 7) is 1.09. The summed E-state index contributed by atoms with van der Waals surface area (Å²) in [6, 6.07) is 0. The summed E-state index contributed by atoms with van der Waals surface area (Å²) in [7, 11) is 0. The van der Waals surface area contributed by atoms with Crippen LogP contribution < -0.4 is 0 Å². The SMILES string of the molecule is CC(SF)(SF)C(SF)SF. The molecular formula is C3H4F4S4. The first kappa shape index (κ1) is 12.1. The van der Waals surface area contributed by atoms with Crippen molar-refractivity contribution >= 4 is 48.6 Å². The largest absolute Gasteiger partial charge is 0.164 e. The fourth-order valence-electron chi connectivity index (χ4n) is 0.260. The standard InChI is InChI=1S/C3H4F4S4/c1-3(10-6,11-7)2(8-4)9-5/h2H,1H3. The Balaban J connectivity index is 4.19. The van der Waals surface area contributed by atoms with Crippen molar-refractivity contribution in [2.45, 2.75) is 15.6 Å². The Morgan fingerprint density at radius 3 is 1.45 bits per heavy atom. The molecule has 0 aromatic rings. The van der Waals surface area contributed by atoms with E-state index >= 15 is 0 Å². The van der Waals surface area contributed by atoms with Crippen molar-refractivity contribution in [2.75, 3.05) is 0 Å². The zero-order valence-electron chi connectivity index (χ0n) is 5.22. The molecule has 0 unspecified atom stereocenters. The molecule has 0 saturated heterocycles. The van der Waals surface area contributed by atoms with Gasteiger partial charge < -0.3 is 0 Å². The molecule has 0 bridgehead atoms. The molecule has 0 fully saturated rings. The smallest absolute Gasteiger partial charge is 0.147 e. The number of rotatable bonds is 5. The van der Waals surface area contributed by atoms with Gasteiger partial charge in [-0.1, -0.05) is 0 Å². The van der Waals surface area contributed by atoms with E-state index in [4.69, 9.17) is 0 Å². The fraction of sp³-hybridized carbons (Fsp3) is 1.00. The van der Waals surface area contributed by atoms with E-state index in [1.165, 1.54) is 0 Å². The highest BCUT2D eigenvalue weighted by Crippen LogP contribution is 2.50. The highest BCUT2D eigenvalue weighted by atomic mass is 32.3. The van der Waals surface area contributed by atoms with Crippen molar-refractivity contribution in [3.05, 3.63) is 0 Å². The lowest BCUT2D eigenvalue weighted by molar-refractivity contribution is 0.810. The lowest BCUT2D eigenvalue weighted by Gasteiger charge is -2.22. The molecule has 0 spiro atoms. The van der Waals surface area contributed by atoms with E-state index in [2.05, 4.69) is 0 Å². The second kappa shape index (κ2) is 5.71. The molecule has 8 heteroatoms. The Hall–Kier alpha value is 1.12. The topological polar surface area (TPSA) is 0 Å². The van der Waals surface area contributed by atoms with E-state index in [-0.39, 0.29) is 0 Å². The monoisotopic (exact) mass is 244 g/mol. The van der Waals surface area contributed by atoms with Crippen LogP contribution in [0.5, 0.6) is 0 Å².